The fourth-order valence-electron chi connectivity index (χ4n) is 1.72. The number of aryl methyl sites for hydroxylation is 1. The first-order valence-corrected chi connectivity index (χ1v) is 7.10. The zero-order chi connectivity index (χ0) is 13.0. The van der Waals surface area contributed by atoms with Gasteiger partial charge in [0.25, 0.3) is 0 Å². The lowest BCUT2D eigenvalue weighted by Crippen LogP contribution is -2.02. The van der Waals surface area contributed by atoms with Crippen LogP contribution < -0.4 is 5.73 Å². The van der Waals surface area contributed by atoms with Crippen molar-refractivity contribution in [2.24, 2.45) is 5.73 Å². The molecule has 2 N–H and O–H groups in total. The fourth-order valence-corrected chi connectivity index (χ4v) is 2.92. The number of aromatic nitrogens is 1. The number of hydrogen-bond donors (Lipinski definition) is 1. The smallest absolute Gasteiger partial charge is 0.0574 e. The lowest BCUT2D eigenvalue weighted by Gasteiger charge is -2.05. The summed E-state index contributed by atoms with van der Waals surface area (Å²) in [5.74, 6) is 0.499. The third kappa shape index (κ3) is 3.24. The topological polar surface area (TPSA) is 56.0 Å². The Bertz CT molecular complexity index is 569. The first kappa shape index (κ1) is 12.9. The maximum absolute atomic E-state index is 12.2. The first-order chi connectivity index (χ1) is 8.69. The summed E-state index contributed by atoms with van der Waals surface area (Å²) in [5, 5.41) is 0. The largest absolute Gasteiger partial charge is 0.325 e. The fraction of sp³-hybridized carbons (Fsp3) is 0.214. The first-order valence-electron chi connectivity index (χ1n) is 5.78. The molecule has 18 heavy (non-hydrogen) atoms. The summed E-state index contributed by atoms with van der Waals surface area (Å²) in [7, 11) is -1.02. The molecule has 0 fully saturated rings. The maximum Gasteiger partial charge on any atom is 0.0574 e. The molecule has 2 rings (SSSR count). The van der Waals surface area contributed by atoms with E-state index < -0.39 is 10.8 Å². The highest BCUT2D eigenvalue weighted by atomic mass is 32.2. The molecule has 1 aromatic carbocycles. The van der Waals surface area contributed by atoms with Crippen molar-refractivity contribution in [3.8, 4) is 0 Å². The summed E-state index contributed by atoms with van der Waals surface area (Å²) in [6.45, 7) is 2.41. The van der Waals surface area contributed by atoms with Crippen molar-refractivity contribution in [3.63, 3.8) is 0 Å². The van der Waals surface area contributed by atoms with E-state index in [1.54, 1.807) is 6.20 Å². The molecule has 2 aromatic rings. The molecule has 1 atom stereocenters. The Balaban J connectivity index is 2.16. The second-order valence-corrected chi connectivity index (χ2v) is 5.62. The van der Waals surface area contributed by atoms with Crippen molar-refractivity contribution in [3.05, 3.63) is 59.4 Å². The van der Waals surface area contributed by atoms with Crippen molar-refractivity contribution < 1.29 is 4.21 Å². The summed E-state index contributed by atoms with van der Waals surface area (Å²) in [6, 6.07) is 11.6. The van der Waals surface area contributed by atoms with Gasteiger partial charge in [-0.1, -0.05) is 12.1 Å². The average Bonchev–Trinajstić information content (AvgIpc) is 2.39. The molecule has 1 unspecified atom stereocenters. The van der Waals surface area contributed by atoms with Crippen molar-refractivity contribution >= 4 is 10.8 Å². The molecule has 0 saturated carbocycles. The van der Waals surface area contributed by atoms with Crippen LogP contribution in [-0.4, -0.2) is 9.19 Å². The van der Waals surface area contributed by atoms with Gasteiger partial charge in [-0.05, 0) is 42.3 Å². The van der Waals surface area contributed by atoms with Gasteiger partial charge in [0.15, 0.2) is 0 Å². The van der Waals surface area contributed by atoms with Gasteiger partial charge in [-0.15, -0.1) is 0 Å². The average molecular weight is 260 g/mol. The molecule has 0 bridgehead atoms. The van der Waals surface area contributed by atoms with Crippen LogP contribution in [0.2, 0.25) is 0 Å². The Kier molecular flexibility index (Phi) is 4.23. The Morgan fingerprint density at radius 2 is 2.11 bits per heavy atom. The molecule has 0 radical (unpaired) electrons. The molecule has 0 amide bonds. The van der Waals surface area contributed by atoms with E-state index in [4.69, 9.17) is 5.73 Å². The lowest BCUT2D eigenvalue weighted by molar-refractivity contribution is 0.682. The third-order valence-electron chi connectivity index (χ3n) is 2.64. The van der Waals surface area contributed by atoms with Crippen molar-refractivity contribution in [2.45, 2.75) is 24.1 Å². The van der Waals surface area contributed by atoms with E-state index in [1.807, 2.05) is 43.3 Å². The third-order valence-corrected chi connectivity index (χ3v) is 4.02. The number of pyridine rings is 1. The van der Waals surface area contributed by atoms with E-state index in [1.165, 1.54) is 0 Å². The number of hydrogen-bond acceptors (Lipinski definition) is 3. The molecule has 0 aliphatic carbocycles. The van der Waals surface area contributed by atoms with Gasteiger partial charge in [0.05, 0.1) is 22.2 Å². The highest BCUT2D eigenvalue weighted by Crippen LogP contribution is 2.14. The standard InChI is InChI=1S/C14H16N2OS/c1-11-3-2-4-14(7-11)18(17)10-12-5-6-16-13(8-12)9-15/h2-8H,9-10,15H2,1H3. The number of nitrogens with zero attached hydrogens (tertiary/aromatic N) is 1. The van der Waals surface area contributed by atoms with Gasteiger partial charge in [0.1, 0.15) is 0 Å². The van der Waals surface area contributed by atoms with Gasteiger partial charge in [-0.25, -0.2) is 0 Å². The quantitative estimate of drug-likeness (QED) is 0.916. The monoisotopic (exact) mass is 260 g/mol. The molecular weight excluding hydrogens is 244 g/mol. The summed E-state index contributed by atoms with van der Waals surface area (Å²) in [6.07, 6.45) is 1.71. The van der Waals surface area contributed by atoms with Crippen LogP contribution in [0.3, 0.4) is 0 Å². The number of benzene rings is 1. The normalized spacial score (nSPS) is 12.3. The van der Waals surface area contributed by atoms with Crippen LogP contribution >= 0.6 is 0 Å². The molecule has 1 aromatic heterocycles. The maximum atomic E-state index is 12.2. The van der Waals surface area contributed by atoms with Crippen LogP contribution in [0.15, 0.2) is 47.5 Å². The summed E-state index contributed by atoms with van der Waals surface area (Å²) in [4.78, 5) is 4.99. The summed E-state index contributed by atoms with van der Waals surface area (Å²) >= 11 is 0. The molecule has 0 aliphatic heterocycles. The molecule has 3 nitrogen and oxygen atoms in total. The molecular formula is C14H16N2OS. The molecule has 4 heteroatoms. The van der Waals surface area contributed by atoms with Crippen molar-refractivity contribution in [1.82, 2.24) is 4.98 Å². The zero-order valence-electron chi connectivity index (χ0n) is 10.3. The molecule has 0 aliphatic rings. The van der Waals surface area contributed by atoms with E-state index in [0.29, 0.717) is 12.3 Å². The van der Waals surface area contributed by atoms with Crippen LogP contribution in [0.1, 0.15) is 16.8 Å². The Morgan fingerprint density at radius 1 is 1.28 bits per heavy atom. The van der Waals surface area contributed by atoms with Gasteiger partial charge in [0, 0.05) is 17.6 Å². The van der Waals surface area contributed by atoms with E-state index in [-0.39, 0.29) is 0 Å². The predicted molar refractivity (Wildman–Crippen MR) is 73.4 cm³/mol. The van der Waals surface area contributed by atoms with Crippen LogP contribution in [-0.2, 0) is 23.1 Å². The van der Waals surface area contributed by atoms with Crippen LogP contribution in [0, 0.1) is 6.92 Å². The van der Waals surface area contributed by atoms with Gasteiger partial charge >= 0.3 is 0 Å². The molecule has 94 valence electrons. The van der Waals surface area contributed by atoms with Gasteiger partial charge in [0.2, 0.25) is 0 Å². The summed E-state index contributed by atoms with van der Waals surface area (Å²) in [5.41, 5.74) is 8.50. The molecule has 0 spiro atoms. The second-order valence-electron chi connectivity index (χ2n) is 4.17. The minimum Gasteiger partial charge on any atom is -0.325 e. The highest BCUT2D eigenvalue weighted by Gasteiger charge is 2.06. The van der Waals surface area contributed by atoms with Crippen LogP contribution in [0.4, 0.5) is 0 Å². The SMILES string of the molecule is Cc1cccc(S(=O)Cc2ccnc(CN)c2)c1. The number of rotatable bonds is 4. The van der Waals surface area contributed by atoms with E-state index in [9.17, 15) is 4.21 Å². The predicted octanol–water partition coefficient (Wildman–Crippen LogP) is 2.16. The van der Waals surface area contributed by atoms with Gasteiger partial charge in [-0.2, -0.15) is 0 Å². The van der Waals surface area contributed by atoms with Crippen LogP contribution in [0.5, 0.6) is 0 Å². The minimum atomic E-state index is -1.02. The van der Waals surface area contributed by atoms with Gasteiger partial charge < -0.3 is 5.73 Å². The van der Waals surface area contributed by atoms with E-state index in [0.717, 1.165) is 21.7 Å². The van der Waals surface area contributed by atoms with E-state index in [2.05, 4.69) is 4.98 Å². The summed E-state index contributed by atoms with van der Waals surface area (Å²) < 4.78 is 12.2. The minimum absolute atomic E-state index is 0.408. The van der Waals surface area contributed by atoms with Gasteiger partial charge in [-0.3, -0.25) is 9.19 Å². The Morgan fingerprint density at radius 3 is 2.83 bits per heavy atom. The lowest BCUT2D eigenvalue weighted by atomic mass is 10.2. The van der Waals surface area contributed by atoms with E-state index >= 15 is 0 Å². The number of nitrogens with two attached hydrogens (primary N) is 1. The van der Waals surface area contributed by atoms with Crippen molar-refractivity contribution in [1.29, 1.82) is 0 Å². The highest BCUT2D eigenvalue weighted by molar-refractivity contribution is 7.84. The van der Waals surface area contributed by atoms with Crippen molar-refractivity contribution in [2.75, 3.05) is 0 Å². The molecule has 0 saturated heterocycles. The Labute approximate surface area is 110 Å². The Hall–Kier alpha value is -1.52. The van der Waals surface area contributed by atoms with Crippen LogP contribution in [0.25, 0.3) is 0 Å². The molecule has 1 heterocycles. The second kappa shape index (κ2) is 5.89. The zero-order valence-corrected chi connectivity index (χ0v) is 11.1.